The van der Waals surface area contributed by atoms with Gasteiger partial charge in [-0.15, -0.1) is 11.3 Å². The van der Waals surface area contributed by atoms with Crippen LogP contribution in [0.25, 0.3) is 0 Å². The molecule has 2 aliphatic heterocycles. The minimum absolute atomic E-state index is 0.0456. The van der Waals surface area contributed by atoms with Crippen LogP contribution in [0.4, 0.5) is 10.8 Å². The highest BCUT2D eigenvalue weighted by atomic mass is 32.1. The fraction of sp³-hybridized carbons (Fsp3) is 0.368. The first-order chi connectivity index (χ1) is 14.1. The van der Waals surface area contributed by atoms with Crippen LogP contribution in [0.1, 0.15) is 18.5 Å². The lowest BCUT2D eigenvalue weighted by Gasteiger charge is -2.19. The maximum atomic E-state index is 12.0. The van der Waals surface area contributed by atoms with E-state index in [4.69, 9.17) is 14.2 Å². The van der Waals surface area contributed by atoms with Crippen LogP contribution in [0.15, 0.2) is 23.6 Å². The van der Waals surface area contributed by atoms with Crippen molar-refractivity contribution in [2.45, 2.75) is 19.3 Å². The molecule has 0 bridgehead atoms. The third-order valence-corrected chi connectivity index (χ3v) is 5.27. The molecule has 29 heavy (non-hydrogen) atoms. The molecule has 152 valence electrons. The summed E-state index contributed by atoms with van der Waals surface area (Å²) in [4.78, 5) is 41.7. The molecule has 0 aliphatic carbocycles. The number of aromatic nitrogens is 1. The highest BCUT2D eigenvalue weighted by molar-refractivity contribution is 7.14. The molecule has 4 rings (SSSR count). The van der Waals surface area contributed by atoms with Crippen molar-refractivity contribution < 1.29 is 28.6 Å². The van der Waals surface area contributed by atoms with E-state index in [0.29, 0.717) is 54.2 Å². The number of fused-ring (bicyclic) bond motifs is 1. The van der Waals surface area contributed by atoms with Gasteiger partial charge in [-0.05, 0) is 18.6 Å². The summed E-state index contributed by atoms with van der Waals surface area (Å²) in [5.74, 6) is 0.202. The summed E-state index contributed by atoms with van der Waals surface area (Å²) in [6.45, 7) is 1.18. The standard InChI is InChI=1S/C19H19N3O6S/c23-16(20-12-3-4-14-15(8-12)27-7-6-26-14)10-28-18(25)9-13-11-29-19(21-13)22-5-1-2-17(22)24/h3-4,8,11H,1-2,5-7,9-10H2,(H,20,23). The van der Waals surface area contributed by atoms with Crippen molar-refractivity contribution in [3.05, 3.63) is 29.3 Å². The molecule has 2 amide bonds. The molecule has 2 aliphatic rings. The van der Waals surface area contributed by atoms with Crippen LogP contribution in [0.5, 0.6) is 11.5 Å². The van der Waals surface area contributed by atoms with Gasteiger partial charge < -0.3 is 19.5 Å². The highest BCUT2D eigenvalue weighted by Crippen LogP contribution is 2.32. The smallest absolute Gasteiger partial charge is 0.312 e. The minimum Gasteiger partial charge on any atom is -0.486 e. The zero-order valence-corrected chi connectivity index (χ0v) is 16.3. The molecule has 0 saturated carbocycles. The van der Waals surface area contributed by atoms with Crippen LogP contribution in [0, 0.1) is 0 Å². The van der Waals surface area contributed by atoms with Crippen LogP contribution in [0.2, 0.25) is 0 Å². The van der Waals surface area contributed by atoms with Gasteiger partial charge in [-0.3, -0.25) is 19.3 Å². The normalized spacial score (nSPS) is 15.3. The second kappa shape index (κ2) is 8.48. The van der Waals surface area contributed by atoms with Crippen molar-refractivity contribution >= 4 is 39.9 Å². The molecule has 0 radical (unpaired) electrons. The van der Waals surface area contributed by atoms with E-state index < -0.39 is 18.5 Å². The Balaban J connectivity index is 1.25. The van der Waals surface area contributed by atoms with E-state index in [1.807, 2.05) is 0 Å². The monoisotopic (exact) mass is 417 g/mol. The number of benzene rings is 1. The number of rotatable bonds is 6. The van der Waals surface area contributed by atoms with Crippen LogP contribution in [-0.4, -0.2) is 49.1 Å². The summed E-state index contributed by atoms with van der Waals surface area (Å²) in [5, 5.41) is 4.96. The van der Waals surface area contributed by atoms with Gasteiger partial charge >= 0.3 is 5.97 Å². The van der Waals surface area contributed by atoms with Gasteiger partial charge in [-0.2, -0.15) is 0 Å². The first-order valence-corrected chi connectivity index (χ1v) is 10.1. The van der Waals surface area contributed by atoms with E-state index in [0.717, 1.165) is 6.42 Å². The highest BCUT2D eigenvalue weighted by Gasteiger charge is 2.24. The summed E-state index contributed by atoms with van der Waals surface area (Å²) < 4.78 is 15.9. The first-order valence-electron chi connectivity index (χ1n) is 9.18. The average Bonchev–Trinajstić information content (AvgIpc) is 3.35. The molecule has 0 spiro atoms. The third kappa shape index (κ3) is 4.65. The molecule has 1 saturated heterocycles. The molecular weight excluding hydrogens is 398 g/mol. The molecule has 3 heterocycles. The molecule has 1 aromatic carbocycles. The maximum Gasteiger partial charge on any atom is 0.312 e. The third-order valence-electron chi connectivity index (χ3n) is 4.36. The van der Waals surface area contributed by atoms with Crippen molar-refractivity contribution in [1.29, 1.82) is 0 Å². The van der Waals surface area contributed by atoms with Gasteiger partial charge in [0, 0.05) is 30.1 Å². The Morgan fingerprint density at radius 1 is 1.24 bits per heavy atom. The number of carbonyl (C=O) groups excluding carboxylic acids is 3. The minimum atomic E-state index is -0.563. The Labute approximate surface area is 170 Å². The van der Waals surface area contributed by atoms with Gasteiger partial charge in [0.15, 0.2) is 23.2 Å². The van der Waals surface area contributed by atoms with Crippen molar-refractivity contribution in [3.8, 4) is 11.5 Å². The van der Waals surface area contributed by atoms with E-state index in [-0.39, 0.29) is 12.3 Å². The Bertz CT molecular complexity index is 944. The van der Waals surface area contributed by atoms with E-state index in [2.05, 4.69) is 10.3 Å². The lowest BCUT2D eigenvalue weighted by molar-refractivity contribution is -0.146. The number of carbonyl (C=O) groups is 3. The second-order valence-corrected chi connectivity index (χ2v) is 7.35. The quantitative estimate of drug-likeness (QED) is 0.714. The van der Waals surface area contributed by atoms with Crippen molar-refractivity contribution in [2.24, 2.45) is 0 Å². The van der Waals surface area contributed by atoms with Gasteiger partial charge in [0.1, 0.15) is 13.2 Å². The molecule has 0 atom stereocenters. The number of esters is 1. The van der Waals surface area contributed by atoms with Crippen LogP contribution < -0.4 is 19.7 Å². The lowest BCUT2D eigenvalue weighted by atomic mass is 10.2. The van der Waals surface area contributed by atoms with E-state index in [1.165, 1.54) is 11.3 Å². The molecule has 9 nitrogen and oxygen atoms in total. The Hall–Kier alpha value is -3.14. The Morgan fingerprint density at radius 2 is 2.07 bits per heavy atom. The van der Waals surface area contributed by atoms with Crippen LogP contribution >= 0.6 is 11.3 Å². The Kier molecular flexibility index (Phi) is 5.61. The van der Waals surface area contributed by atoms with E-state index >= 15 is 0 Å². The molecule has 10 heteroatoms. The zero-order chi connectivity index (χ0) is 20.2. The SMILES string of the molecule is O=C(COC(=O)Cc1csc(N2CCCC2=O)n1)Nc1ccc2c(c1)OCCO2. The molecular formula is C19H19N3O6S. The fourth-order valence-corrected chi connectivity index (χ4v) is 3.88. The molecule has 1 fully saturated rings. The second-order valence-electron chi connectivity index (χ2n) is 6.51. The van der Waals surface area contributed by atoms with Crippen LogP contribution in [0.3, 0.4) is 0 Å². The number of anilines is 2. The van der Waals surface area contributed by atoms with Gasteiger partial charge in [0.25, 0.3) is 5.91 Å². The number of nitrogens with zero attached hydrogens (tertiary/aromatic N) is 2. The largest absolute Gasteiger partial charge is 0.486 e. The molecule has 1 aromatic heterocycles. The predicted molar refractivity (Wildman–Crippen MR) is 104 cm³/mol. The number of amides is 2. The van der Waals surface area contributed by atoms with Crippen molar-refractivity contribution in [2.75, 3.05) is 36.6 Å². The number of nitrogens with one attached hydrogen (secondary N) is 1. The van der Waals surface area contributed by atoms with E-state index in [1.54, 1.807) is 28.5 Å². The average molecular weight is 417 g/mol. The predicted octanol–water partition coefficient (Wildman–Crippen LogP) is 1.77. The fourth-order valence-electron chi connectivity index (χ4n) is 3.01. The molecule has 2 aromatic rings. The zero-order valence-electron chi connectivity index (χ0n) is 15.5. The summed E-state index contributed by atoms with van der Waals surface area (Å²) in [7, 11) is 0. The number of thiazole rings is 1. The van der Waals surface area contributed by atoms with Gasteiger partial charge in [0.2, 0.25) is 5.91 Å². The number of ether oxygens (including phenoxy) is 3. The van der Waals surface area contributed by atoms with Crippen LogP contribution in [-0.2, 0) is 25.5 Å². The first kappa shape index (κ1) is 19.2. The summed E-state index contributed by atoms with van der Waals surface area (Å²) in [6.07, 6.45) is 1.28. The summed E-state index contributed by atoms with van der Waals surface area (Å²) >= 11 is 1.31. The van der Waals surface area contributed by atoms with Gasteiger partial charge in [-0.1, -0.05) is 0 Å². The van der Waals surface area contributed by atoms with Crippen molar-refractivity contribution in [1.82, 2.24) is 4.98 Å². The summed E-state index contributed by atoms with van der Waals surface area (Å²) in [5.41, 5.74) is 1.04. The Morgan fingerprint density at radius 3 is 2.86 bits per heavy atom. The van der Waals surface area contributed by atoms with E-state index in [9.17, 15) is 14.4 Å². The number of hydrogen-bond donors (Lipinski definition) is 1. The maximum absolute atomic E-state index is 12.0. The molecule has 0 unspecified atom stereocenters. The summed E-state index contributed by atoms with van der Waals surface area (Å²) in [6, 6.07) is 5.05. The lowest BCUT2D eigenvalue weighted by Crippen LogP contribution is -2.23. The van der Waals surface area contributed by atoms with Crippen molar-refractivity contribution in [3.63, 3.8) is 0 Å². The van der Waals surface area contributed by atoms with Gasteiger partial charge in [0.05, 0.1) is 12.1 Å². The number of hydrogen-bond acceptors (Lipinski definition) is 8. The van der Waals surface area contributed by atoms with Gasteiger partial charge in [-0.25, -0.2) is 4.98 Å². The molecule has 1 N–H and O–H groups in total. The topological polar surface area (TPSA) is 107 Å².